The summed E-state index contributed by atoms with van der Waals surface area (Å²) in [7, 11) is 0. The highest BCUT2D eigenvalue weighted by Gasteiger charge is 2.30. The number of nitrogens with zero attached hydrogens (tertiary/aromatic N) is 8. The summed E-state index contributed by atoms with van der Waals surface area (Å²) >= 11 is 0. The van der Waals surface area contributed by atoms with Crippen LogP contribution in [0.5, 0.6) is 0 Å². The van der Waals surface area contributed by atoms with E-state index in [1.165, 1.54) is 77.4 Å². The van der Waals surface area contributed by atoms with Crippen LogP contribution in [-0.4, -0.2) is 38.2 Å². The van der Waals surface area contributed by atoms with Crippen LogP contribution in [0.2, 0.25) is 0 Å². The van der Waals surface area contributed by atoms with Crippen LogP contribution in [0, 0.1) is 0 Å². The first-order chi connectivity index (χ1) is 51.6. The van der Waals surface area contributed by atoms with Crippen LogP contribution >= 0.6 is 0 Å². The lowest BCUT2D eigenvalue weighted by Gasteiger charge is -2.16. The molecule has 2 aliphatic rings. The van der Waals surface area contributed by atoms with Gasteiger partial charge in [-0.3, -0.25) is 9.13 Å². The topological polar surface area (TPSA) is 71.3 Å². The van der Waals surface area contributed by atoms with Crippen molar-refractivity contribution in [3.05, 3.63) is 328 Å². The second-order valence-electron chi connectivity index (χ2n) is 27.9. The smallest absolute Gasteiger partial charge is 0.235 e. The Bertz CT molecular complexity index is 7600. The molecule has 0 amide bonds. The minimum Gasteiger partial charge on any atom is -0.308 e. The maximum atomic E-state index is 5.85. The van der Waals surface area contributed by atoms with Crippen molar-refractivity contribution in [1.29, 1.82) is 0 Å². The molecule has 0 saturated heterocycles. The first kappa shape index (κ1) is 55.8. The van der Waals surface area contributed by atoms with Gasteiger partial charge in [0.05, 0.1) is 77.8 Å². The number of benzene rings is 16. The molecule has 0 saturated carbocycles. The molecule has 16 aromatic carbocycles. The summed E-state index contributed by atoms with van der Waals surface area (Å²) < 4.78 is 9.72. The minimum atomic E-state index is 0.635. The van der Waals surface area contributed by atoms with E-state index in [0.717, 1.165) is 149 Å². The van der Waals surface area contributed by atoms with Crippen molar-refractivity contribution in [2.75, 3.05) is 0 Å². The normalized spacial score (nSPS) is 12.4. The fourth-order valence-electron chi connectivity index (χ4n) is 18.1. The molecule has 22 aromatic rings. The average Bonchev–Trinajstić information content (AvgIpc) is 1.54. The summed E-state index contributed by atoms with van der Waals surface area (Å²) in [5, 5.41) is 14.7. The number of fused-ring (bicyclic) bond motifs is 28. The third-order valence-corrected chi connectivity index (χ3v) is 22.6. The lowest BCUT2D eigenvalue weighted by molar-refractivity contribution is 1.02. The lowest BCUT2D eigenvalue weighted by atomic mass is 9.90. The third-order valence-electron chi connectivity index (χ3n) is 22.6. The summed E-state index contributed by atoms with van der Waals surface area (Å²) in [6.07, 6.45) is 0. The van der Waals surface area contributed by atoms with Crippen LogP contribution in [0.15, 0.2) is 328 Å². The van der Waals surface area contributed by atoms with Gasteiger partial charge in [-0.15, -0.1) is 0 Å². The molecule has 0 radical (unpaired) electrons. The molecule has 478 valence electrons. The van der Waals surface area contributed by atoms with Gasteiger partial charge in [0.2, 0.25) is 5.95 Å². The fourth-order valence-corrected chi connectivity index (χ4v) is 18.1. The molecule has 0 atom stereocenters. The van der Waals surface area contributed by atoms with Gasteiger partial charge in [-0.1, -0.05) is 261 Å². The van der Waals surface area contributed by atoms with Crippen molar-refractivity contribution >= 4 is 131 Å². The maximum Gasteiger partial charge on any atom is 0.235 e. The standard InChI is InChI=1S/C96H54N8/c1-2-22-58(23-3-1)89-74-48-44-56-20-4-6-24-61(56)91(74)100-96(99-89)104-84-39-17-13-31-69(84)77-52-86-79(54-88(77)104)73-35-19-33-71-75-50-60(45-47-65(75)67-29-11-15-37-82(67)102(86)94(71)73)55-40-42-59(43-41-55)90-95(98-92-62-25-7-5-21-57(62)46-49-80(92)97-90)103-83-38-16-12-30-68(83)76-51-85-78(53-87(76)103)72-34-18-32-70-64-27-9-8-26-63(64)66-28-10-14-36-81(66)101(85)93(70)72/h1-54H. The Morgan fingerprint density at radius 3 is 1.31 bits per heavy atom. The van der Waals surface area contributed by atoms with Crippen molar-refractivity contribution in [3.8, 4) is 101 Å². The first-order valence-electron chi connectivity index (χ1n) is 35.6. The molecule has 104 heavy (non-hydrogen) atoms. The molecular formula is C96H54N8. The van der Waals surface area contributed by atoms with Gasteiger partial charge in [-0.2, -0.15) is 0 Å². The SMILES string of the molecule is c1ccc(-c2nc(-n3c4ccccc4c4cc5c(cc43)c3cccc4c3n5-c3ccccc3-c3ccc(-c5ccc(-c6nc7ccc8ccccc8c7nc6-n6c7ccccc7c7cc8c(cc76)c6cccc7c6n8-c6ccccc6-c6ccccc6-7)cc5)cc3-4)nc3c2ccc2ccccc23)cc1. The van der Waals surface area contributed by atoms with E-state index in [4.69, 9.17) is 19.9 Å². The van der Waals surface area contributed by atoms with Gasteiger partial charge in [-0.05, 0) is 111 Å². The molecule has 0 fully saturated rings. The van der Waals surface area contributed by atoms with Crippen molar-refractivity contribution in [2.24, 2.45) is 0 Å². The van der Waals surface area contributed by atoms with Gasteiger partial charge in [0, 0.05) is 92.6 Å². The highest BCUT2D eigenvalue weighted by molar-refractivity contribution is 6.25. The Hall–Kier alpha value is -14.1. The summed E-state index contributed by atoms with van der Waals surface area (Å²) in [6.45, 7) is 0. The molecule has 2 aliphatic heterocycles. The molecule has 0 bridgehead atoms. The van der Waals surface area contributed by atoms with Gasteiger partial charge in [0.15, 0.2) is 5.82 Å². The van der Waals surface area contributed by atoms with Crippen LogP contribution in [0.4, 0.5) is 0 Å². The largest absolute Gasteiger partial charge is 0.308 e. The number of hydrogen-bond acceptors (Lipinski definition) is 4. The van der Waals surface area contributed by atoms with E-state index in [9.17, 15) is 0 Å². The van der Waals surface area contributed by atoms with Crippen LogP contribution in [0.25, 0.3) is 232 Å². The predicted octanol–water partition coefficient (Wildman–Crippen LogP) is 24.6. The molecule has 0 aliphatic carbocycles. The van der Waals surface area contributed by atoms with E-state index >= 15 is 0 Å². The van der Waals surface area contributed by atoms with Crippen molar-refractivity contribution in [2.45, 2.75) is 0 Å². The number of aromatic nitrogens is 8. The van der Waals surface area contributed by atoms with Crippen molar-refractivity contribution in [3.63, 3.8) is 0 Å². The van der Waals surface area contributed by atoms with Gasteiger partial charge < -0.3 is 9.13 Å². The molecule has 24 rings (SSSR count). The zero-order valence-electron chi connectivity index (χ0n) is 55.8. The van der Waals surface area contributed by atoms with Crippen LogP contribution in [0.1, 0.15) is 0 Å². The van der Waals surface area contributed by atoms with E-state index in [1.807, 2.05) is 0 Å². The van der Waals surface area contributed by atoms with Gasteiger partial charge in [0.1, 0.15) is 5.69 Å². The van der Waals surface area contributed by atoms with E-state index in [2.05, 4.69) is 346 Å². The van der Waals surface area contributed by atoms with E-state index in [-0.39, 0.29) is 0 Å². The van der Waals surface area contributed by atoms with E-state index in [1.54, 1.807) is 0 Å². The summed E-state index contributed by atoms with van der Waals surface area (Å²) in [5.74, 6) is 1.41. The second-order valence-corrected chi connectivity index (χ2v) is 27.9. The maximum absolute atomic E-state index is 5.85. The fraction of sp³-hybridized carbons (Fsp3) is 0. The van der Waals surface area contributed by atoms with Crippen LogP contribution in [0.3, 0.4) is 0 Å². The lowest BCUT2D eigenvalue weighted by Crippen LogP contribution is -2.04. The highest BCUT2D eigenvalue weighted by Crippen LogP contribution is 2.52. The second kappa shape index (κ2) is 20.8. The monoisotopic (exact) mass is 1320 g/mol. The predicted molar refractivity (Wildman–Crippen MR) is 430 cm³/mol. The Kier molecular flexibility index (Phi) is 11.1. The quantitative estimate of drug-likeness (QED) is 0.161. The first-order valence-corrected chi connectivity index (χ1v) is 35.6. The van der Waals surface area contributed by atoms with Gasteiger partial charge in [-0.25, -0.2) is 19.9 Å². The Morgan fingerprint density at radius 2 is 0.654 bits per heavy atom. The molecule has 8 nitrogen and oxygen atoms in total. The van der Waals surface area contributed by atoms with E-state index in [0.29, 0.717) is 5.95 Å². The Morgan fingerprint density at radius 1 is 0.202 bits per heavy atom. The summed E-state index contributed by atoms with van der Waals surface area (Å²) in [6, 6.07) is 120. The van der Waals surface area contributed by atoms with E-state index < -0.39 is 0 Å². The van der Waals surface area contributed by atoms with Gasteiger partial charge in [0.25, 0.3) is 0 Å². The van der Waals surface area contributed by atoms with Crippen LogP contribution in [-0.2, 0) is 0 Å². The minimum absolute atomic E-state index is 0.635. The van der Waals surface area contributed by atoms with Crippen molar-refractivity contribution in [1.82, 2.24) is 38.2 Å². The molecule has 6 aromatic heterocycles. The van der Waals surface area contributed by atoms with Crippen molar-refractivity contribution < 1.29 is 0 Å². The average molecular weight is 1320 g/mol. The molecule has 0 N–H and O–H groups in total. The molecule has 8 heterocycles. The molecule has 0 spiro atoms. The van der Waals surface area contributed by atoms with Gasteiger partial charge >= 0.3 is 0 Å². The zero-order chi connectivity index (χ0) is 67.6. The molecule has 0 unspecified atom stereocenters. The summed E-state index contributed by atoms with van der Waals surface area (Å²) in [4.78, 5) is 22.7. The molecular weight excluding hydrogens is 1270 g/mol. The number of hydrogen-bond donors (Lipinski definition) is 0. The number of rotatable bonds is 5. The zero-order valence-corrected chi connectivity index (χ0v) is 55.8. The Balaban J connectivity index is 0.684. The number of para-hydroxylation sites is 6. The van der Waals surface area contributed by atoms with Crippen LogP contribution < -0.4 is 0 Å². The highest BCUT2D eigenvalue weighted by atomic mass is 15.2. The summed E-state index contributed by atoms with van der Waals surface area (Å²) in [5.41, 5.74) is 29.5. The third kappa shape index (κ3) is 7.59. The Labute approximate surface area is 594 Å². The molecule has 8 heteroatoms.